The number of hydrogen-bond acceptors (Lipinski definition) is 4. The Morgan fingerprint density at radius 3 is 2.90 bits per heavy atom. The molecule has 0 aliphatic carbocycles. The molecule has 0 aromatic rings. The summed E-state index contributed by atoms with van der Waals surface area (Å²) >= 11 is 0. The lowest BCUT2D eigenvalue weighted by atomic mass is 10.2. The second kappa shape index (κ2) is 2.98. The number of aliphatic hydroxyl groups is 1. The number of ether oxygens (including phenoxy) is 1. The number of aliphatic hydroxyl groups excluding tert-OH is 1. The van der Waals surface area contributed by atoms with Crippen LogP contribution in [0.5, 0.6) is 0 Å². The molecule has 0 bridgehead atoms. The lowest BCUT2D eigenvalue weighted by Gasteiger charge is -2.10. The standard InChI is InChI=1S/C6H11NO3/c1-10-6(9)5-4(8)2-3-7-5/h4-5,7-8H,2-3H2,1H3/t4-,5?/m0/s1. The predicted octanol–water partition coefficient (Wildman–Crippen LogP) is -1.12. The number of rotatable bonds is 1. The Morgan fingerprint density at radius 2 is 2.50 bits per heavy atom. The van der Waals surface area contributed by atoms with Gasteiger partial charge in [-0.25, -0.2) is 0 Å². The number of methoxy groups -OCH3 is 1. The van der Waals surface area contributed by atoms with E-state index < -0.39 is 12.1 Å². The molecular formula is C6H11NO3. The van der Waals surface area contributed by atoms with E-state index >= 15 is 0 Å². The topological polar surface area (TPSA) is 58.6 Å². The van der Waals surface area contributed by atoms with Gasteiger partial charge in [0.25, 0.3) is 0 Å². The largest absolute Gasteiger partial charge is 0.468 e. The van der Waals surface area contributed by atoms with Gasteiger partial charge in [-0.15, -0.1) is 0 Å². The lowest BCUT2D eigenvalue weighted by Crippen LogP contribution is -2.39. The summed E-state index contributed by atoms with van der Waals surface area (Å²) < 4.78 is 4.44. The van der Waals surface area contributed by atoms with Crippen LogP contribution in [0.2, 0.25) is 0 Å². The second-order valence-electron chi connectivity index (χ2n) is 2.31. The molecule has 0 aromatic carbocycles. The molecule has 1 unspecified atom stereocenters. The number of carbonyl (C=O) groups is 1. The fourth-order valence-corrected chi connectivity index (χ4v) is 1.06. The fourth-order valence-electron chi connectivity index (χ4n) is 1.06. The van der Waals surface area contributed by atoms with Gasteiger partial charge >= 0.3 is 5.97 Å². The number of carbonyl (C=O) groups excluding carboxylic acids is 1. The van der Waals surface area contributed by atoms with E-state index in [0.29, 0.717) is 13.0 Å². The van der Waals surface area contributed by atoms with Gasteiger partial charge in [-0.1, -0.05) is 0 Å². The van der Waals surface area contributed by atoms with E-state index in [4.69, 9.17) is 5.11 Å². The van der Waals surface area contributed by atoms with Gasteiger partial charge < -0.3 is 15.2 Å². The van der Waals surface area contributed by atoms with Crippen LogP contribution < -0.4 is 5.32 Å². The Hall–Kier alpha value is -0.610. The van der Waals surface area contributed by atoms with Crippen LogP contribution in [0, 0.1) is 0 Å². The SMILES string of the molecule is COC(=O)C1NCC[C@@H]1O. The van der Waals surface area contributed by atoms with Crippen molar-refractivity contribution < 1.29 is 14.6 Å². The smallest absolute Gasteiger partial charge is 0.325 e. The summed E-state index contributed by atoms with van der Waals surface area (Å²) in [6, 6.07) is -0.509. The molecule has 1 heterocycles. The molecule has 1 aliphatic heterocycles. The molecule has 4 heteroatoms. The zero-order valence-electron chi connectivity index (χ0n) is 5.83. The van der Waals surface area contributed by atoms with E-state index in [1.165, 1.54) is 7.11 Å². The van der Waals surface area contributed by atoms with Crippen LogP contribution in [0.1, 0.15) is 6.42 Å². The third-order valence-corrected chi connectivity index (χ3v) is 1.64. The molecule has 1 fully saturated rings. The average Bonchev–Trinajstić information content (AvgIpc) is 2.34. The third kappa shape index (κ3) is 1.27. The average molecular weight is 145 g/mol. The summed E-state index contributed by atoms with van der Waals surface area (Å²) in [5.41, 5.74) is 0. The quantitative estimate of drug-likeness (QED) is 0.459. The summed E-state index contributed by atoms with van der Waals surface area (Å²) in [4.78, 5) is 10.8. The first kappa shape index (κ1) is 7.50. The summed E-state index contributed by atoms with van der Waals surface area (Å²) in [5.74, 6) is -0.384. The molecule has 1 aliphatic rings. The second-order valence-corrected chi connectivity index (χ2v) is 2.31. The Morgan fingerprint density at radius 1 is 1.80 bits per heavy atom. The molecular weight excluding hydrogens is 134 g/mol. The normalized spacial score (nSPS) is 32.2. The van der Waals surface area contributed by atoms with Crippen molar-refractivity contribution in [2.45, 2.75) is 18.6 Å². The van der Waals surface area contributed by atoms with Gasteiger partial charge in [0.05, 0.1) is 13.2 Å². The maximum Gasteiger partial charge on any atom is 0.325 e. The first-order valence-electron chi connectivity index (χ1n) is 3.25. The van der Waals surface area contributed by atoms with Gasteiger partial charge in [-0.3, -0.25) is 4.79 Å². The highest BCUT2D eigenvalue weighted by atomic mass is 16.5. The van der Waals surface area contributed by atoms with Crippen LogP contribution in [-0.4, -0.2) is 36.9 Å². The minimum absolute atomic E-state index is 0.384. The van der Waals surface area contributed by atoms with Crippen molar-refractivity contribution in [2.24, 2.45) is 0 Å². The minimum Gasteiger partial charge on any atom is -0.468 e. The van der Waals surface area contributed by atoms with Crippen molar-refractivity contribution in [2.75, 3.05) is 13.7 Å². The van der Waals surface area contributed by atoms with E-state index in [9.17, 15) is 4.79 Å². The molecule has 2 atom stereocenters. The van der Waals surface area contributed by atoms with Crippen molar-refractivity contribution in [1.29, 1.82) is 0 Å². The Kier molecular flexibility index (Phi) is 2.24. The van der Waals surface area contributed by atoms with E-state index in [2.05, 4.69) is 10.1 Å². The zero-order chi connectivity index (χ0) is 7.56. The van der Waals surface area contributed by atoms with Crippen LogP contribution in [0.25, 0.3) is 0 Å². The van der Waals surface area contributed by atoms with Crippen molar-refractivity contribution in [3.05, 3.63) is 0 Å². The molecule has 0 radical (unpaired) electrons. The number of esters is 1. The monoisotopic (exact) mass is 145 g/mol. The molecule has 0 amide bonds. The Balaban J connectivity index is 2.46. The first-order valence-corrected chi connectivity index (χ1v) is 3.25. The van der Waals surface area contributed by atoms with E-state index in [1.807, 2.05) is 0 Å². The molecule has 1 rings (SSSR count). The Labute approximate surface area is 59.2 Å². The molecule has 58 valence electrons. The summed E-state index contributed by atoms with van der Waals surface area (Å²) in [6.45, 7) is 0.681. The summed E-state index contributed by atoms with van der Waals surface area (Å²) in [6.07, 6.45) is 0.0483. The zero-order valence-corrected chi connectivity index (χ0v) is 5.83. The Bertz CT molecular complexity index is 137. The predicted molar refractivity (Wildman–Crippen MR) is 34.4 cm³/mol. The highest BCUT2D eigenvalue weighted by molar-refractivity contribution is 5.76. The van der Waals surface area contributed by atoms with Crippen LogP contribution >= 0.6 is 0 Å². The van der Waals surface area contributed by atoms with Gasteiger partial charge in [0.1, 0.15) is 6.04 Å². The van der Waals surface area contributed by atoms with Gasteiger partial charge in [-0.05, 0) is 13.0 Å². The van der Waals surface area contributed by atoms with Gasteiger partial charge in [0, 0.05) is 0 Å². The molecule has 4 nitrogen and oxygen atoms in total. The maximum absolute atomic E-state index is 10.8. The van der Waals surface area contributed by atoms with Crippen LogP contribution in [0.3, 0.4) is 0 Å². The van der Waals surface area contributed by atoms with Crippen molar-refractivity contribution >= 4 is 5.97 Å². The molecule has 1 saturated heterocycles. The minimum atomic E-state index is -0.576. The highest BCUT2D eigenvalue weighted by Gasteiger charge is 2.31. The van der Waals surface area contributed by atoms with Gasteiger partial charge in [0.2, 0.25) is 0 Å². The van der Waals surface area contributed by atoms with E-state index in [-0.39, 0.29) is 5.97 Å². The first-order chi connectivity index (χ1) is 4.75. The molecule has 0 saturated carbocycles. The molecule has 2 N–H and O–H groups in total. The fraction of sp³-hybridized carbons (Fsp3) is 0.833. The van der Waals surface area contributed by atoms with Crippen molar-refractivity contribution in [1.82, 2.24) is 5.32 Å². The summed E-state index contributed by atoms with van der Waals surface area (Å²) in [7, 11) is 1.31. The summed E-state index contributed by atoms with van der Waals surface area (Å²) in [5, 5.41) is 12.0. The molecule has 0 aromatic heterocycles. The van der Waals surface area contributed by atoms with Crippen LogP contribution in [0.4, 0.5) is 0 Å². The van der Waals surface area contributed by atoms with E-state index in [0.717, 1.165) is 0 Å². The maximum atomic E-state index is 10.8. The third-order valence-electron chi connectivity index (χ3n) is 1.64. The van der Waals surface area contributed by atoms with E-state index in [1.54, 1.807) is 0 Å². The van der Waals surface area contributed by atoms with Crippen molar-refractivity contribution in [3.63, 3.8) is 0 Å². The van der Waals surface area contributed by atoms with Crippen molar-refractivity contribution in [3.8, 4) is 0 Å². The van der Waals surface area contributed by atoms with Gasteiger partial charge in [-0.2, -0.15) is 0 Å². The van der Waals surface area contributed by atoms with Gasteiger partial charge in [0.15, 0.2) is 0 Å². The number of hydrogen-bond donors (Lipinski definition) is 2. The van der Waals surface area contributed by atoms with Crippen LogP contribution in [0.15, 0.2) is 0 Å². The molecule has 0 spiro atoms. The van der Waals surface area contributed by atoms with Crippen LogP contribution in [-0.2, 0) is 9.53 Å². The highest BCUT2D eigenvalue weighted by Crippen LogP contribution is 2.07. The lowest BCUT2D eigenvalue weighted by molar-refractivity contribution is -0.144. The number of nitrogens with one attached hydrogen (secondary N) is 1. The molecule has 10 heavy (non-hydrogen) atoms.